The van der Waals surface area contributed by atoms with Crippen molar-refractivity contribution >= 4 is 11.0 Å². The van der Waals surface area contributed by atoms with Gasteiger partial charge >= 0.3 is 0 Å². The lowest BCUT2D eigenvalue weighted by Crippen LogP contribution is -2.39. The molecule has 0 radical (unpaired) electrons. The molecule has 1 atom stereocenters. The molecule has 0 amide bonds. The maximum Gasteiger partial charge on any atom is 0.200 e. The Kier molecular flexibility index (Phi) is 5.98. The molecule has 1 aromatic heterocycles. The molecule has 0 saturated carbocycles. The second kappa shape index (κ2) is 8.11. The molecule has 154 valence electrons. The first-order valence-electron chi connectivity index (χ1n) is 9.69. The quantitative estimate of drug-likeness (QED) is 0.631. The average Bonchev–Trinajstić information content (AvgIpc) is 3.08. The Morgan fingerprint density at radius 2 is 2.07 bits per heavy atom. The molecule has 7 nitrogen and oxygen atoms in total. The van der Waals surface area contributed by atoms with Crippen molar-refractivity contribution in [3.05, 3.63) is 33.2 Å². The van der Waals surface area contributed by atoms with Crippen LogP contribution in [-0.2, 0) is 19.4 Å². The van der Waals surface area contributed by atoms with E-state index in [1.807, 2.05) is 6.92 Å². The molecular formula is C21H28O7. The first-order chi connectivity index (χ1) is 13.3. The van der Waals surface area contributed by atoms with Crippen LogP contribution in [0.4, 0.5) is 0 Å². The van der Waals surface area contributed by atoms with Gasteiger partial charge in [-0.05, 0) is 33.1 Å². The van der Waals surface area contributed by atoms with Crippen molar-refractivity contribution in [1.82, 2.24) is 0 Å². The van der Waals surface area contributed by atoms with E-state index in [9.17, 15) is 15.0 Å². The number of benzene rings is 1. The highest BCUT2D eigenvalue weighted by molar-refractivity contribution is 5.88. The third-order valence-electron chi connectivity index (χ3n) is 5.00. The van der Waals surface area contributed by atoms with Crippen molar-refractivity contribution in [2.24, 2.45) is 0 Å². The van der Waals surface area contributed by atoms with Crippen LogP contribution in [0.25, 0.3) is 11.0 Å². The molecule has 3 N–H and O–H groups in total. The van der Waals surface area contributed by atoms with E-state index in [0.29, 0.717) is 48.3 Å². The highest BCUT2D eigenvalue weighted by Crippen LogP contribution is 2.43. The predicted octanol–water partition coefficient (Wildman–Crippen LogP) is 2.07. The van der Waals surface area contributed by atoms with Crippen LogP contribution in [0.5, 0.6) is 11.5 Å². The molecular weight excluding hydrogens is 364 g/mol. The third-order valence-corrected chi connectivity index (χ3v) is 5.00. The van der Waals surface area contributed by atoms with E-state index < -0.39 is 18.3 Å². The Hall–Kier alpha value is -2.09. The first kappa shape index (κ1) is 20.6. The summed E-state index contributed by atoms with van der Waals surface area (Å²) in [5.41, 5.74) is 0.0451. The summed E-state index contributed by atoms with van der Waals surface area (Å²) < 4.78 is 17.7. The van der Waals surface area contributed by atoms with Gasteiger partial charge < -0.3 is 29.2 Å². The minimum Gasteiger partial charge on any atom is -0.492 e. The number of aliphatic hydroxyl groups excluding tert-OH is 2. The molecule has 2 heterocycles. The number of ether oxygens (including phenoxy) is 2. The molecule has 2 aromatic rings. The van der Waals surface area contributed by atoms with Crippen LogP contribution < -0.4 is 14.9 Å². The Bertz CT molecular complexity index is 908. The molecule has 0 saturated heterocycles. The number of hydrogen-bond donors (Lipinski definition) is 3. The van der Waals surface area contributed by atoms with Gasteiger partial charge in [0.25, 0.3) is 0 Å². The van der Waals surface area contributed by atoms with Gasteiger partial charge in [0.05, 0.1) is 12.2 Å². The minimum atomic E-state index is -1.06. The van der Waals surface area contributed by atoms with Crippen molar-refractivity contribution in [2.75, 3.05) is 13.2 Å². The largest absolute Gasteiger partial charge is 0.492 e. The fourth-order valence-electron chi connectivity index (χ4n) is 3.49. The topological polar surface area (TPSA) is 109 Å². The van der Waals surface area contributed by atoms with Crippen LogP contribution >= 0.6 is 0 Å². The van der Waals surface area contributed by atoms with Crippen LogP contribution in [0, 0.1) is 0 Å². The predicted molar refractivity (Wildman–Crippen MR) is 104 cm³/mol. The molecule has 0 spiro atoms. The summed E-state index contributed by atoms with van der Waals surface area (Å²) in [5.74, 6) is 1.12. The normalized spacial score (nSPS) is 16.3. The Morgan fingerprint density at radius 1 is 1.32 bits per heavy atom. The second-order valence-corrected chi connectivity index (χ2v) is 7.69. The fraction of sp³-hybridized carbons (Fsp3) is 0.571. The lowest BCUT2D eigenvalue weighted by Gasteiger charge is -2.24. The molecule has 0 fully saturated rings. The lowest BCUT2D eigenvalue weighted by molar-refractivity contribution is -0.0229. The fourth-order valence-corrected chi connectivity index (χ4v) is 3.49. The number of fused-ring (bicyclic) bond motifs is 2. The standard InChI is InChI=1S/C21H28O7/c1-4-8-26-20-13-9-17(21(2,3)25)28-14(13)10-15-18(20)19(24)12(6-5-7-22)16(11-23)27-15/h10,17,22-23,25H,4-9,11H2,1-3H3. The SMILES string of the molecule is CCCOc1c2c(cc3oc(CO)c(CCCO)c(=O)c13)OC(C(C)(C)O)C2. The Balaban J connectivity index is 2.24. The highest BCUT2D eigenvalue weighted by atomic mass is 16.5. The van der Waals surface area contributed by atoms with E-state index in [-0.39, 0.29) is 23.4 Å². The molecule has 3 rings (SSSR count). The number of hydrogen-bond acceptors (Lipinski definition) is 7. The third kappa shape index (κ3) is 3.74. The maximum absolute atomic E-state index is 13.3. The summed E-state index contributed by atoms with van der Waals surface area (Å²) >= 11 is 0. The van der Waals surface area contributed by atoms with Crippen LogP contribution in [0.15, 0.2) is 15.3 Å². The molecule has 0 aliphatic carbocycles. The van der Waals surface area contributed by atoms with Gasteiger partial charge in [-0.1, -0.05) is 6.92 Å². The Labute approximate surface area is 163 Å². The van der Waals surface area contributed by atoms with Gasteiger partial charge in [0.2, 0.25) is 0 Å². The van der Waals surface area contributed by atoms with Gasteiger partial charge in [0.15, 0.2) is 5.43 Å². The monoisotopic (exact) mass is 392 g/mol. The summed E-state index contributed by atoms with van der Waals surface area (Å²) in [4.78, 5) is 13.3. The van der Waals surface area contributed by atoms with E-state index in [1.54, 1.807) is 19.9 Å². The van der Waals surface area contributed by atoms with Gasteiger partial charge in [-0.2, -0.15) is 0 Å². The van der Waals surface area contributed by atoms with Gasteiger partial charge in [-0.25, -0.2) is 0 Å². The summed E-state index contributed by atoms with van der Waals surface area (Å²) in [7, 11) is 0. The van der Waals surface area contributed by atoms with E-state index in [4.69, 9.17) is 19.0 Å². The number of rotatable bonds is 8. The molecule has 1 aliphatic heterocycles. The van der Waals surface area contributed by atoms with E-state index in [1.165, 1.54) is 0 Å². The van der Waals surface area contributed by atoms with E-state index in [2.05, 4.69) is 0 Å². The minimum absolute atomic E-state index is 0.0627. The van der Waals surface area contributed by atoms with Crippen molar-refractivity contribution in [2.45, 2.75) is 64.8 Å². The van der Waals surface area contributed by atoms with Crippen LogP contribution in [-0.4, -0.2) is 40.2 Å². The van der Waals surface area contributed by atoms with E-state index >= 15 is 0 Å². The highest BCUT2D eigenvalue weighted by Gasteiger charge is 2.38. The van der Waals surface area contributed by atoms with Crippen molar-refractivity contribution < 1.29 is 29.2 Å². The van der Waals surface area contributed by atoms with Crippen LogP contribution in [0.2, 0.25) is 0 Å². The zero-order valence-corrected chi connectivity index (χ0v) is 16.6. The average molecular weight is 392 g/mol. The Morgan fingerprint density at radius 3 is 2.68 bits per heavy atom. The molecule has 1 unspecified atom stereocenters. The maximum atomic E-state index is 13.3. The molecule has 1 aromatic carbocycles. The molecule has 28 heavy (non-hydrogen) atoms. The van der Waals surface area contributed by atoms with Gasteiger partial charge in [-0.3, -0.25) is 4.79 Å². The summed E-state index contributed by atoms with van der Waals surface area (Å²) in [6.07, 6.45) is 1.41. The van der Waals surface area contributed by atoms with Gasteiger partial charge in [0, 0.05) is 30.2 Å². The van der Waals surface area contributed by atoms with E-state index in [0.717, 1.165) is 12.0 Å². The summed E-state index contributed by atoms with van der Waals surface area (Å²) in [6, 6.07) is 1.63. The number of aliphatic hydroxyl groups is 3. The van der Waals surface area contributed by atoms with Crippen LogP contribution in [0.3, 0.4) is 0 Å². The van der Waals surface area contributed by atoms with Gasteiger partial charge in [-0.15, -0.1) is 0 Å². The lowest BCUT2D eigenvalue weighted by atomic mass is 9.95. The molecule has 0 bridgehead atoms. The van der Waals surface area contributed by atoms with Crippen molar-refractivity contribution in [3.63, 3.8) is 0 Å². The second-order valence-electron chi connectivity index (χ2n) is 7.69. The molecule has 1 aliphatic rings. The van der Waals surface area contributed by atoms with Crippen molar-refractivity contribution in [3.8, 4) is 11.5 Å². The zero-order chi connectivity index (χ0) is 20.5. The summed E-state index contributed by atoms with van der Waals surface area (Å²) in [5, 5.41) is 29.5. The summed E-state index contributed by atoms with van der Waals surface area (Å²) in [6.45, 7) is 5.27. The van der Waals surface area contributed by atoms with Crippen LogP contribution in [0.1, 0.15) is 50.5 Å². The smallest absolute Gasteiger partial charge is 0.200 e. The van der Waals surface area contributed by atoms with Gasteiger partial charge in [0.1, 0.15) is 40.9 Å². The first-order valence-corrected chi connectivity index (χ1v) is 9.69. The van der Waals surface area contributed by atoms with Crippen molar-refractivity contribution in [1.29, 1.82) is 0 Å². The zero-order valence-electron chi connectivity index (χ0n) is 16.6. The molecule has 7 heteroatoms.